The number of allylic oxidation sites excluding steroid dienone is 3. The molecule has 0 saturated heterocycles. The second kappa shape index (κ2) is 17.0. The summed E-state index contributed by atoms with van der Waals surface area (Å²) in [7, 11) is -4.42. The fourth-order valence-electron chi connectivity index (χ4n) is 5.77. The van der Waals surface area contributed by atoms with Crippen molar-refractivity contribution in [1.82, 2.24) is 4.57 Å². The van der Waals surface area contributed by atoms with Crippen molar-refractivity contribution in [2.24, 2.45) is 0 Å². The van der Waals surface area contributed by atoms with E-state index in [9.17, 15) is 17.8 Å². The van der Waals surface area contributed by atoms with E-state index in [-0.39, 0.29) is 12.2 Å². The molecule has 0 unspecified atom stereocenters. The Labute approximate surface area is 301 Å². The number of para-hydroxylation sites is 1. The first-order valence-corrected chi connectivity index (χ1v) is 19.6. The van der Waals surface area contributed by atoms with Crippen LogP contribution in [0.4, 0.5) is 5.69 Å². The maximum atomic E-state index is 13.7. The molecule has 0 N–H and O–H groups in total. The number of nitrogens with zero attached hydrogens (tertiary/aromatic N) is 3. The Morgan fingerprint density at radius 1 is 0.860 bits per heavy atom. The molecule has 11 heteroatoms. The van der Waals surface area contributed by atoms with Crippen molar-refractivity contribution in [2.45, 2.75) is 47.2 Å². The fourth-order valence-corrected chi connectivity index (χ4v) is 8.43. The van der Waals surface area contributed by atoms with Gasteiger partial charge in [-0.2, -0.15) is 4.57 Å². The molecule has 0 radical (unpaired) electrons. The van der Waals surface area contributed by atoms with E-state index in [0.717, 1.165) is 39.3 Å². The maximum Gasteiger partial charge on any atom is 0.269 e. The average molecular weight is 728 g/mol. The number of fused-ring (bicyclic) bond motifs is 1. The van der Waals surface area contributed by atoms with Crippen LogP contribution in [0.5, 0.6) is 0 Å². The minimum Gasteiger partial charge on any atom is -0.726 e. The standard InChI is InChI=1S/C37H36N3OS2.C2H6O4S/c1-4-24-40-34(42-32(37(40)41)22-21-27-23-25-38(5-2)31-20-14-13-19-30(27)31)26-33-39(6-3)35(28-15-9-7-10-16-28)36(43-33)29-17-11-8-12-18-29;1-2-6-7(3,4)5/h7-23,25-26H,4-6,24H2,1-3H3;2H2,1H3,(H,3,4,5)/q+1;/p-1/b27-21+,32-22+;. The van der Waals surface area contributed by atoms with Gasteiger partial charge in [0.2, 0.25) is 16.1 Å². The van der Waals surface area contributed by atoms with Gasteiger partial charge >= 0.3 is 0 Å². The monoisotopic (exact) mass is 727 g/mol. The lowest BCUT2D eigenvalue weighted by Gasteiger charge is -2.26. The quantitative estimate of drug-likeness (QED) is 0.0921. The first kappa shape index (κ1) is 36.9. The van der Waals surface area contributed by atoms with E-state index in [1.807, 2.05) is 10.6 Å². The van der Waals surface area contributed by atoms with Gasteiger partial charge < -0.3 is 9.45 Å². The minimum absolute atomic E-state index is 0.0735. The molecule has 1 aliphatic heterocycles. The maximum absolute atomic E-state index is 13.7. The number of anilines is 1. The Balaban J connectivity index is 0.000000630. The van der Waals surface area contributed by atoms with Crippen LogP contribution in [-0.4, -0.2) is 30.7 Å². The van der Waals surface area contributed by atoms with Gasteiger partial charge in [-0.25, -0.2) is 8.42 Å². The smallest absolute Gasteiger partial charge is 0.269 e. The molecule has 0 aliphatic carbocycles. The van der Waals surface area contributed by atoms with E-state index < -0.39 is 10.4 Å². The lowest BCUT2D eigenvalue weighted by molar-refractivity contribution is -0.679. The summed E-state index contributed by atoms with van der Waals surface area (Å²) in [4.78, 5) is 17.2. The number of hydrogen-bond acceptors (Lipinski definition) is 8. The summed E-state index contributed by atoms with van der Waals surface area (Å²) < 4.78 is 38.1. The van der Waals surface area contributed by atoms with E-state index in [1.54, 1.807) is 22.7 Å². The van der Waals surface area contributed by atoms with Crippen LogP contribution in [0.15, 0.2) is 108 Å². The minimum atomic E-state index is -4.42. The summed E-state index contributed by atoms with van der Waals surface area (Å²) in [6.07, 6.45) is 11.5. The Bertz CT molecular complexity index is 2270. The van der Waals surface area contributed by atoms with E-state index in [0.29, 0.717) is 6.54 Å². The molecule has 0 bridgehead atoms. The van der Waals surface area contributed by atoms with Crippen molar-refractivity contribution in [3.63, 3.8) is 0 Å². The molecular formula is C39H41N3O5S3. The van der Waals surface area contributed by atoms with Crippen LogP contribution in [0.2, 0.25) is 0 Å². The molecule has 260 valence electrons. The molecule has 3 aromatic carbocycles. The number of benzene rings is 3. The Hall–Kier alpha value is -4.39. The Kier molecular flexibility index (Phi) is 12.6. The van der Waals surface area contributed by atoms with Crippen LogP contribution in [0.3, 0.4) is 0 Å². The molecule has 50 heavy (non-hydrogen) atoms. The lowest BCUT2D eigenvalue weighted by Crippen LogP contribution is -2.37. The van der Waals surface area contributed by atoms with Gasteiger partial charge in [0.25, 0.3) is 10.6 Å². The molecule has 6 rings (SSSR count). The van der Waals surface area contributed by atoms with E-state index >= 15 is 0 Å². The van der Waals surface area contributed by atoms with E-state index in [2.05, 4.69) is 144 Å². The van der Waals surface area contributed by atoms with Gasteiger partial charge in [-0.15, -0.1) is 11.3 Å². The summed E-state index contributed by atoms with van der Waals surface area (Å²) in [6, 6.07) is 29.7. The van der Waals surface area contributed by atoms with Gasteiger partial charge in [-0.1, -0.05) is 91.1 Å². The molecule has 5 aromatic rings. The molecular weight excluding hydrogens is 687 g/mol. The molecule has 0 spiro atoms. The van der Waals surface area contributed by atoms with Crippen molar-refractivity contribution in [1.29, 1.82) is 0 Å². The summed E-state index contributed by atoms with van der Waals surface area (Å²) in [5, 5.41) is 1.14. The summed E-state index contributed by atoms with van der Waals surface area (Å²) in [5.74, 6) is 0. The third-order valence-corrected chi connectivity index (χ3v) is 10.7. The van der Waals surface area contributed by atoms with Gasteiger partial charge in [0.05, 0.1) is 17.2 Å². The largest absolute Gasteiger partial charge is 0.726 e. The first-order valence-electron chi connectivity index (χ1n) is 16.6. The van der Waals surface area contributed by atoms with Crippen molar-refractivity contribution in [3.8, 4) is 21.7 Å². The molecule has 3 heterocycles. The first-order chi connectivity index (χ1) is 24.2. The molecule has 0 amide bonds. The van der Waals surface area contributed by atoms with Gasteiger partial charge in [-0.05, 0) is 68.7 Å². The normalized spacial score (nSPS) is 14.2. The zero-order valence-corrected chi connectivity index (χ0v) is 31.1. The van der Waals surface area contributed by atoms with E-state index in [4.69, 9.17) is 0 Å². The highest BCUT2D eigenvalue weighted by Gasteiger charge is 2.27. The number of aromatic nitrogens is 2. The Morgan fingerprint density at radius 2 is 1.52 bits per heavy atom. The van der Waals surface area contributed by atoms with Crippen molar-refractivity contribution < 1.29 is 21.7 Å². The van der Waals surface area contributed by atoms with Crippen molar-refractivity contribution in [2.75, 3.05) is 18.1 Å². The zero-order valence-electron chi connectivity index (χ0n) is 28.6. The predicted octanol–water partition coefficient (Wildman–Crippen LogP) is 6.55. The van der Waals surface area contributed by atoms with Gasteiger partial charge in [0.15, 0.2) is 0 Å². The van der Waals surface area contributed by atoms with Gasteiger partial charge in [0, 0.05) is 36.1 Å². The molecule has 8 nitrogen and oxygen atoms in total. The molecule has 2 aromatic heterocycles. The Morgan fingerprint density at radius 3 is 2.12 bits per heavy atom. The topological polar surface area (TPSA) is 95.6 Å². The highest BCUT2D eigenvalue weighted by Crippen LogP contribution is 2.36. The average Bonchev–Trinajstić information content (AvgIpc) is 3.64. The summed E-state index contributed by atoms with van der Waals surface area (Å²) >= 11 is 3.36. The summed E-state index contributed by atoms with van der Waals surface area (Å²) in [5.41, 5.74) is 7.18. The van der Waals surface area contributed by atoms with Crippen LogP contribution >= 0.6 is 22.7 Å². The van der Waals surface area contributed by atoms with Crippen LogP contribution in [0.25, 0.3) is 39.4 Å². The third-order valence-electron chi connectivity index (χ3n) is 7.96. The lowest BCUT2D eigenvalue weighted by atomic mass is 9.99. The van der Waals surface area contributed by atoms with Gasteiger partial charge in [-0.3, -0.25) is 13.5 Å². The van der Waals surface area contributed by atoms with Crippen molar-refractivity contribution in [3.05, 3.63) is 133 Å². The van der Waals surface area contributed by atoms with Crippen LogP contribution < -0.4 is 24.2 Å². The predicted molar refractivity (Wildman–Crippen MR) is 205 cm³/mol. The van der Waals surface area contributed by atoms with Crippen LogP contribution in [0, 0.1) is 0 Å². The number of hydrogen-bond donors (Lipinski definition) is 0. The second-order valence-electron chi connectivity index (χ2n) is 11.2. The molecule has 1 aliphatic rings. The van der Waals surface area contributed by atoms with Crippen molar-refractivity contribution >= 4 is 56.5 Å². The summed E-state index contributed by atoms with van der Waals surface area (Å²) in [6.45, 7) is 10.2. The SMILES string of the molecule is CCCn1c(=O)/c(=C\C=C2/C=CN(CC)c3ccccc32)s/c1=C\c1sc(-c2ccccc2)c(-c2ccccc2)[n+]1CC.CCOS(=O)(=O)[O-]. The zero-order chi connectivity index (χ0) is 35.7. The number of thiazole rings is 2. The highest BCUT2D eigenvalue weighted by atomic mass is 32.3. The van der Waals surface area contributed by atoms with E-state index in [1.165, 1.54) is 39.9 Å². The molecule has 0 atom stereocenters. The van der Waals surface area contributed by atoms with Crippen LogP contribution in [0.1, 0.15) is 44.7 Å². The molecule has 0 fully saturated rings. The molecule has 0 saturated carbocycles. The third kappa shape index (κ3) is 8.66. The second-order valence-corrected chi connectivity index (χ2v) is 14.4. The fraction of sp³-hybridized carbons (Fsp3) is 0.231. The highest BCUT2D eigenvalue weighted by molar-refractivity contribution is 7.80. The van der Waals surface area contributed by atoms with Gasteiger partial charge in [0.1, 0.15) is 16.1 Å². The van der Waals surface area contributed by atoms with Crippen LogP contribution in [-0.2, 0) is 27.7 Å². The number of rotatable bonds is 10.